The summed E-state index contributed by atoms with van der Waals surface area (Å²) in [6.45, 7) is -0.453. The highest BCUT2D eigenvalue weighted by atomic mass is 35.5. The third-order valence-electron chi connectivity index (χ3n) is 3.69. The summed E-state index contributed by atoms with van der Waals surface area (Å²) in [5, 5.41) is 3.26. The van der Waals surface area contributed by atoms with Gasteiger partial charge in [0.1, 0.15) is 0 Å². The second kappa shape index (κ2) is 11.8. The lowest BCUT2D eigenvalue weighted by Crippen LogP contribution is -2.41. The molecule has 0 saturated heterocycles. The molecule has 0 radical (unpaired) electrons. The van der Waals surface area contributed by atoms with E-state index in [1.54, 1.807) is 42.5 Å². The third-order valence-corrected chi connectivity index (χ3v) is 4.26. The van der Waals surface area contributed by atoms with Gasteiger partial charge in [0.15, 0.2) is 6.61 Å². The highest BCUT2D eigenvalue weighted by Gasteiger charge is 2.12. The summed E-state index contributed by atoms with van der Waals surface area (Å²) >= 11 is 11.7. The largest absolute Gasteiger partial charge is 0.456 e. The Bertz CT molecular complexity index is 936. The maximum absolute atomic E-state index is 11.9. The standard InChI is InChI=1S/C20H19Cl2N3O5/c21-13-5-3-6-14(11-13)23-18(27)12-30-19(28)10-4-9-17(26)24-25-20(29)15-7-1-2-8-16(15)22/h1-3,5-8,11H,4,9-10,12H2,(H,23,27)(H,24,26)(H,25,29). The molecule has 30 heavy (non-hydrogen) atoms. The highest BCUT2D eigenvalue weighted by Crippen LogP contribution is 2.15. The van der Waals surface area contributed by atoms with Crippen LogP contribution < -0.4 is 16.2 Å². The van der Waals surface area contributed by atoms with Crippen LogP contribution in [-0.4, -0.2) is 30.3 Å². The number of rotatable bonds is 8. The minimum atomic E-state index is -0.621. The number of carbonyl (C=O) groups is 4. The van der Waals surface area contributed by atoms with Gasteiger partial charge in [-0.15, -0.1) is 0 Å². The number of esters is 1. The molecule has 0 aliphatic rings. The van der Waals surface area contributed by atoms with Gasteiger partial charge in [-0.3, -0.25) is 30.0 Å². The summed E-state index contributed by atoms with van der Waals surface area (Å²) in [5.74, 6) is -2.17. The molecule has 0 aliphatic carbocycles. The van der Waals surface area contributed by atoms with E-state index in [9.17, 15) is 19.2 Å². The van der Waals surface area contributed by atoms with E-state index >= 15 is 0 Å². The molecule has 2 aromatic rings. The lowest BCUT2D eigenvalue weighted by Gasteiger charge is -2.09. The van der Waals surface area contributed by atoms with Gasteiger partial charge in [-0.1, -0.05) is 41.4 Å². The minimum absolute atomic E-state index is 0.0212. The first-order valence-corrected chi connectivity index (χ1v) is 9.65. The number of hydrogen-bond acceptors (Lipinski definition) is 5. The average molecular weight is 452 g/mol. The molecule has 3 amide bonds. The molecule has 0 saturated carbocycles. The Morgan fingerprint density at radius 2 is 1.63 bits per heavy atom. The van der Waals surface area contributed by atoms with Crippen molar-refractivity contribution in [3.8, 4) is 0 Å². The third kappa shape index (κ3) is 8.10. The normalized spacial score (nSPS) is 10.1. The summed E-state index contributed by atoms with van der Waals surface area (Å²) in [5.41, 5.74) is 5.19. The van der Waals surface area contributed by atoms with Crippen molar-refractivity contribution in [1.29, 1.82) is 0 Å². The summed E-state index contributed by atoms with van der Waals surface area (Å²) in [4.78, 5) is 47.1. The van der Waals surface area contributed by atoms with Gasteiger partial charge in [0.05, 0.1) is 10.6 Å². The predicted molar refractivity (Wildman–Crippen MR) is 112 cm³/mol. The monoisotopic (exact) mass is 451 g/mol. The Labute approximate surface area is 182 Å². The van der Waals surface area contributed by atoms with Gasteiger partial charge in [0.2, 0.25) is 5.91 Å². The van der Waals surface area contributed by atoms with Gasteiger partial charge in [-0.2, -0.15) is 0 Å². The molecule has 0 aliphatic heterocycles. The zero-order chi connectivity index (χ0) is 21.9. The van der Waals surface area contributed by atoms with Gasteiger partial charge in [0.25, 0.3) is 11.8 Å². The summed E-state index contributed by atoms with van der Waals surface area (Å²) in [6.07, 6.45) is 0.103. The topological polar surface area (TPSA) is 114 Å². The van der Waals surface area contributed by atoms with E-state index < -0.39 is 30.3 Å². The molecule has 0 heterocycles. The highest BCUT2D eigenvalue weighted by molar-refractivity contribution is 6.33. The number of nitrogens with one attached hydrogen (secondary N) is 3. The molecule has 0 bridgehead atoms. The van der Waals surface area contributed by atoms with Gasteiger partial charge >= 0.3 is 5.97 Å². The lowest BCUT2D eigenvalue weighted by atomic mass is 10.2. The number of benzene rings is 2. The van der Waals surface area contributed by atoms with Crippen molar-refractivity contribution in [2.45, 2.75) is 19.3 Å². The first-order chi connectivity index (χ1) is 14.3. The number of anilines is 1. The molecule has 0 aromatic heterocycles. The van der Waals surface area contributed by atoms with E-state index in [0.29, 0.717) is 10.7 Å². The number of halogens is 2. The Hall–Kier alpha value is -3.10. The van der Waals surface area contributed by atoms with Crippen LogP contribution in [0.4, 0.5) is 5.69 Å². The molecule has 3 N–H and O–H groups in total. The van der Waals surface area contributed by atoms with Crippen molar-refractivity contribution in [1.82, 2.24) is 10.9 Å². The Balaban J connectivity index is 1.60. The Kier molecular flexibility index (Phi) is 9.11. The lowest BCUT2D eigenvalue weighted by molar-refractivity contribution is -0.147. The molecule has 0 fully saturated rings. The van der Waals surface area contributed by atoms with Crippen LogP contribution in [0.1, 0.15) is 29.6 Å². The molecule has 158 valence electrons. The molecule has 0 spiro atoms. The van der Waals surface area contributed by atoms with Crippen molar-refractivity contribution < 1.29 is 23.9 Å². The van der Waals surface area contributed by atoms with E-state index in [1.807, 2.05) is 0 Å². The second-order valence-corrected chi connectivity index (χ2v) is 6.90. The number of carbonyl (C=O) groups excluding carboxylic acids is 4. The SMILES string of the molecule is O=C(CCCC(=O)OCC(=O)Nc1cccc(Cl)c1)NNC(=O)c1ccccc1Cl. The van der Waals surface area contributed by atoms with Gasteiger partial charge in [0, 0.05) is 23.6 Å². The first kappa shape index (κ1) is 23.2. The van der Waals surface area contributed by atoms with Crippen molar-refractivity contribution in [2.24, 2.45) is 0 Å². The van der Waals surface area contributed by atoms with Crippen LogP contribution in [0.5, 0.6) is 0 Å². The number of hydrogen-bond donors (Lipinski definition) is 3. The first-order valence-electron chi connectivity index (χ1n) is 8.90. The van der Waals surface area contributed by atoms with Crippen LogP contribution >= 0.6 is 23.2 Å². The van der Waals surface area contributed by atoms with Gasteiger partial charge < -0.3 is 10.1 Å². The molecule has 10 heteroatoms. The zero-order valence-corrected chi connectivity index (χ0v) is 17.3. The summed E-state index contributed by atoms with van der Waals surface area (Å²) in [6, 6.07) is 12.9. The van der Waals surface area contributed by atoms with E-state index in [-0.39, 0.29) is 29.8 Å². The van der Waals surface area contributed by atoms with Crippen LogP contribution in [0.25, 0.3) is 0 Å². The maximum Gasteiger partial charge on any atom is 0.306 e. The molecule has 2 rings (SSSR count). The molecular formula is C20H19Cl2N3O5. The van der Waals surface area contributed by atoms with Crippen LogP contribution in [0, 0.1) is 0 Å². The molecular weight excluding hydrogens is 433 g/mol. The van der Waals surface area contributed by atoms with Crippen LogP contribution in [0.2, 0.25) is 10.0 Å². The smallest absolute Gasteiger partial charge is 0.306 e. The van der Waals surface area contributed by atoms with Gasteiger partial charge in [-0.25, -0.2) is 0 Å². The average Bonchev–Trinajstić information content (AvgIpc) is 2.71. The quantitative estimate of drug-likeness (QED) is 0.421. The Morgan fingerprint density at radius 1 is 0.867 bits per heavy atom. The number of ether oxygens (including phenoxy) is 1. The predicted octanol–water partition coefficient (Wildman–Crippen LogP) is 3.11. The summed E-state index contributed by atoms with van der Waals surface area (Å²) < 4.78 is 4.86. The fourth-order valence-electron chi connectivity index (χ4n) is 2.28. The minimum Gasteiger partial charge on any atom is -0.456 e. The fraction of sp³-hybridized carbons (Fsp3) is 0.200. The molecule has 0 unspecified atom stereocenters. The molecule has 8 nitrogen and oxygen atoms in total. The van der Waals surface area contributed by atoms with Gasteiger partial charge in [-0.05, 0) is 36.8 Å². The van der Waals surface area contributed by atoms with E-state index in [4.69, 9.17) is 27.9 Å². The van der Waals surface area contributed by atoms with Crippen LogP contribution in [0.15, 0.2) is 48.5 Å². The van der Waals surface area contributed by atoms with E-state index in [1.165, 1.54) is 6.07 Å². The Morgan fingerprint density at radius 3 is 2.37 bits per heavy atom. The number of hydrazine groups is 1. The zero-order valence-electron chi connectivity index (χ0n) is 15.7. The second-order valence-electron chi connectivity index (χ2n) is 6.05. The maximum atomic E-state index is 11.9. The molecule has 2 aromatic carbocycles. The van der Waals surface area contributed by atoms with Crippen LogP contribution in [0.3, 0.4) is 0 Å². The van der Waals surface area contributed by atoms with Crippen LogP contribution in [-0.2, 0) is 19.1 Å². The summed E-state index contributed by atoms with van der Waals surface area (Å²) in [7, 11) is 0. The van der Waals surface area contributed by atoms with E-state index in [0.717, 1.165) is 0 Å². The number of amides is 3. The fourth-order valence-corrected chi connectivity index (χ4v) is 2.69. The van der Waals surface area contributed by atoms with Crippen molar-refractivity contribution in [3.63, 3.8) is 0 Å². The molecule has 0 atom stereocenters. The van der Waals surface area contributed by atoms with Crippen molar-refractivity contribution >= 4 is 52.6 Å². The van der Waals surface area contributed by atoms with Crippen molar-refractivity contribution in [2.75, 3.05) is 11.9 Å². The van der Waals surface area contributed by atoms with Crippen molar-refractivity contribution in [3.05, 3.63) is 64.1 Å². The van der Waals surface area contributed by atoms with E-state index in [2.05, 4.69) is 16.2 Å².